The summed E-state index contributed by atoms with van der Waals surface area (Å²) in [7, 11) is 0. The van der Waals surface area contributed by atoms with Crippen LogP contribution in [0.3, 0.4) is 0 Å². The van der Waals surface area contributed by atoms with Crippen molar-refractivity contribution >= 4 is 11.9 Å². The van der Waals surface area contributed by atoms with Gasteiger partial charge in [-0.1, -0.05) is 30.3 Å². The topological polar surface area (TPSA) is 87.9 Å². The Morgan fingerprint density at radius 1 is 1.37 bits per heavy atom. The van der Waals surface area contributed by atoms with Crippen LogP contribution in [0.1, 0.15) is 23.1 Å². The number of carbonyl (C=O) groups is 1. The summed E-state index contributed by atoms with van der Waals surface area (Å²) >= 11 is 0. The molecule has 1 heterocycles. The van der Waals surface area contributed by atoms with Gasteiger partial charge in [0.1, 0.15) is 0 Å². The molecule has 1 aromatic heterocycles. The largest absolute Gasteiger partial charge is 0.366 e. The molecule has 0 atom stereocenters. The van der Waals surface area contributed by atoms with Gasteiger partial charge < -0.3 is 10.6 Å². The first-order valence-electron chi connectivity index (χ1n) is 6.21. The van der Waals surface area contributed by atoms with Gasteiger partial charge in [0.05, 0.1) is 0 Å². The van der Waals surface area contributed by atoms with E-state index in [-0.39, 0.29) is 17.7 Å². The smallest absolute Gasteiger partial charge is 0.291 e. The first-order chi connectivity index (χ1) is 9.20. The van der Waals surface area contributed by atoms with Gasteiger partial charge in [-0.3, -0.25) is 9.89 Å². The fourth-order valence-corrected chi connectivity index (χ4v) is 1.83. The Morgan fingerprint density at radius 2 is 2.11 bits per heavy atom. The number of anilines is 1. The lowest BCUT2D eigenvalue weighted by Gasteiger charge is -2.19. The van der Waals surface area contributed by atoms with Gasteiger partial charge in [0.25, 0.3) is 5.91 Å². The van der Waals surface area contributed by atoms with E-state index in [1.165, 1.54) is 5.56 Å². The molecule has 19 heavy (non-hydrogen) atoms. The molecule has 2 aromatic rings. The number of nitrogens with zero attached hydrogens (tertiary/aromatic N) is 3. The Bertz CT molecular complexity index is 537. The number of carbonyl (C=O) groups excluding carboxylic acids is 1. The number of likely N-dealkylation sites (N-methyl/N-ethyl adjacent to an activating group) is 1. The van der Waals surface area contributed by atoms with Crippen LogP contribution in [0.5, 0.6) is 0 Å². The molecule has 100 valence electrons. The minimum atomic E-state index is -0.178. The average Bonchev–Trinajstić information content (AvgIpc) is 2.87. The fourth-order valence-electron chi connectivity index (χ4n) is 1.83. The molecule has 0 spiro atoms. The van der Waals surface area contributed by atoms with Crippen LogP contribution in [0.25, 0.3) is 0 Å². The van der Waals surface area contributed by atoms with Gasteiger partial charge in [-0.15, -0.1) is 5.10 Å². The van der Waals surface area contributed by atoms with E-state index in [1.54, 1.807) is 4.90 Å². The van der Waals surface area contributed by atoms with E-state index in [1.807, 2.05) is 37.3 Å². The number of H-pyrrole nitrogens is 1. The van der Waals surface area contributed by atoms with E-state index in [4.69, 9.17) is 5.73 Å². The highest BCUT2D eigenvalue weighted by Gasteiger charge is 2.17. The number of nitrogens with one attached hydrogen (secondary N) is 1. The lowest BCUT2D eigenvalue weighted by molar-refractivity contribution is 0.0754. The number of amides is 1. The molecule has 0 aliphatic heterocycles. The maximum absolute atomic E-state index is 12.1. The lowest BCUT2D eigenvalue weighted by Crippen LogP contribution is -2.33. The Balaban J connectivity index is 1.98. The second kappa shape index (κ2) is 5.99. The van der Waals surface area contributed by atoms with Crippen molar-refractivity contribution in [1.82, 2.24) is 20.1 Å². The van der Waals surface area contributed by atoms with Crippen molar-refractivity contribution in [2.45, 2.75) is 13.3 Å². The lowest BCUT2D eigenvalue weighted by atomic mass is 10.1. The summed E-state index contributed by atoms with van der Waals surface area (Å²) in [6.07, 6.45) is 0.810. The van der Waals surface area contributed by atoms with Crippen molar-refractivity contribution in [3.05, 3.63) is 41.7 Å². The number of benzene rings is 1. The van der Waals surface area contributed by atoms with Gasteiger partial charge in [0.2, 0.25) is 11.8 Å². The van der Waals surface area contributed by atoms with Crippen LogP contribution < -0.4 is 5.73 Å². The summed E-state index contributed by atoms with van der Waals surface area (Å²) in [5.41, 5.74) is 6.60. The Morgan fingerprint density at radius 3 is 2.68 bits per heavy atom. The highest BCUT2D eigenvalue weighted by molar-refractivity contribution is 5.90. The van der Waals surface area contributed by atoms with Crippen molar-refractivity contribution in [2.75, 3.05) is 18.8 Å². The Hall–Kier alpha value is -2.37. The molecule has 0 fully saturated rings. The molecule has 0 radical (unpaired) electrons. The molecular formula is C13H17N5O. The molecule has 3 N–H and O–H groups in total. The zero-order valence-corrected chi connectivity index (χ0v) is 10.8. The predicted octanol–water partition coefficient (Wildman–Crippen LogP) is 1.09. The number of nitrogens with two attached hydrogens (primary N) is 1. The van der Waals surface area contributed by atoms with Gasteiger partial charge >= 0.3 is 0 Å². The SMILES string of the molecule is CCN(CCc1ccccc1)C(=O)c1nc(N)n[nH]1. The minimum Gasteiger partial charge on any atom is -0.366 e. The average molecular weight is 259 g/mol. The van der Waals surface area contributed by atoms with Crippen LogP contribution in [0.4, 0.5) is 5.95 Å². The first-order valence-corrected chi connectivity index (χ1v) is 6.21. The number of hydrogen-bond acceptors (Lipinski definition) is 4. The van der Waals surface area contributed by atoms with E-state index in [2.05, 4.69) is 15.2 Å². The maximum Gasteiger partial charge on any atom is 0.291 e. The zero-order chi connectivity index (χ0) is 13.7. The summed E-state index contributed by atoms with van der Waals surface area (Å²) < 4.78 is 0. The molecule has 1 amide bonds. The molecule has 6 nitrogen and oxygen atoms in total. The van der Waals surface area contributed by atoms with Crippen molar-refractivity contribution in [3.63, 3.8) is 0 Å². The van der Waals surface area contributed by atoms with Gasteiger partial charge in [-0.05, 0) is 18.9 Å². The third-order valence-corrected chi connectivity index (χ3v) is 2.89. The zero-order valence-electron chi connectivity index (χ0n) is 10.8. The number of aromatic nitrogens is 3. The summed E-state index contributed by atoms with van der Waals surface area (Å²) in [6.45, 7) is 3.19. The molecule has 6 heteroatoms. The van der Waals surface area contributed by atoms with Crippen molar-refractivity contribution in [1.29, 1.82) is 0 Å². The quantitative estimate of drug-likeness (QED) is 0.841. The second-order valence-corrected chi connectivity index (χ2v) is 4.16. The number of hydrogen-bond donors (Lipinski definition) is 2. The van der Waals surface area contributed by atoms with E-state index >= 15 is 0 Å². The van der Waals surface area contributed by atoms with Crippen LogP contribution in [0.15, 0.2) is 30.3 Å². The van der Waals surface area contributed by atoms with E-state index in [9.17, 15) is 4.79 Å². The molecule has 0 saturated carbocycles. The fraction of sp³-hybridized carbons (Fsp3) is 0.308. The van der Waals surface area contributed by atoms with Crippen molar-refractivity contribution < 1.29 is 4.79 Å². The van der Waals surface area contributed by atoms with Crippen LogP contribution in [-0.4, -0.2) is 39.1 Å². The molecule has 1 aromatic carbocycles. The molecule has 0 unspecified atom stereocenters. The molecular weight excluding hydrogens is 242 g/mol. The van der Waals surface area contributed by atoms with Crippen LogP contribution in [-0.2, 0) is 6.42 Å². The van der Waals surface area contributed by atoms with Gasteiger partial charge in [-0.25, -0.2) is 0 Å². The normalized spacial score (nSPS) is 10.4. The number of aromatic amines is 1. The summed E-state index contributed by atoms with van der Waals surface area (Å²) in [5.74, 6) is 0.0949. The molecule has 0 saturated heterocycles. The van der Waals surface area contributed by atoms with Crippen LogP contribution in [0.2, 0.25) is 0 Å². The second-order valence-electron chi connectivity index (χ2n) is 4.16. The third-order valence-electron chi connectivity index (χ3n) is 2.89. The maximum atomic E-state index is 12.1. The van der Waals surface area contributed by atoms with E-state index in [0.717, 1.165) is 6.42 Å². The van der Waals surface area contributed by atoms with Crippen LogP contribution >= 0.6 is 0 Å². The van der Waals surface area contributed by atoms with Crippen molar-refractivity contribution in [2.24, 2.45) is 0 Å². The van der Waals surface area contributed by atoms with Gasteiger partial charge in [0.15, 0.2) is 0 Å². The van der Waals surface area contributed by atoms with Gasteiger partial charge in [-0.2, -0.15) is 4.98 Å². The summed E-state index contributed by atoms with van der Waals surface area (Å²) in [5, 5.41) is 6.21. The highest BCUT2D eigenvalue weighted by atomic mass is 16.2. The number of rotatable bonds is 5. The third kappa shape index (κ3) is 3.31. The molecule has 0 aliphatic rings. The standard InChI is InChI=1S/C13H17N5O/c1-2-18(9-8-10-6-4-3-5-7-10)12(19)11-15-13(14)17-16-11/h3-7H,2,8-9H2,1H3,(H3,14,15,16,17). The summed E-state index contributed by atoms with van der Waals surface area (Å²) in [6, 6.07) is 10.0. The highest BCUT2D eigenvalue weighted by Crippen LogP contribution is 2.05. The minimum absolute atomic E-state index is 0.0856. The number of nitrogen functional groups attached to an aromatic ring is 1. The Kier molecular flexibility index (Phi) is 4.12. The van der Waals surface area contributed by atoms with Crippen molar-refractivity contribution in [3.8, 4) is 0 Å². The van der Waals surface area contributed by atoms with Crippen LogP contribution in [0, 0.1) is 0 Å². The molecule has 2 rings (SSSR count). The molecule has 0 aliphatic carbocycles. The predicted molar refractivity (Wildman–Crippen MR) is 72.5 cm³/mol. The first kappa shape index (κ1) is 13.1. The molecule has 0 bridgehead atoms. The van der Waals surface area contributed by atoms with E-state index < -0.39 is 0 Å². The summed E-state index contributed by atoms with van der Waals surface area (Å²) in [4.78, 5) is 17.7. The van der Waals surface area contributed by atoms with Gasteiger partial charge in [0, 0.05) is 13.1 Å². The monoisotopic (exact) mass is 259 g/mol. The van der Waals surface area contributed by atoms with E-state index in [0.29, 0.717) is 13.1 Å². The Labute approximate surface area is 111 Å².